The molecular formula is C28H16K2O4. The van der Waals surface area contributed by atoms with Crippen molar-refractivity contribution in [1.82, 2.24) is 0 Å². The van der Waals surface area contributed by atoms with E-state index >= 15 is 0 Å². The van der Waals surface area contributed by atoms with Crippen molar-refractivity contribution in [2.45, 2.75) is 0 Å². The van der Waals surface area contributed by atoms with Crippen LogP contribution >= 0.6 is 0 Å². The van der Waals surface area contributed by atoms with Crippen LogP contribution in [0.3, 0.4) is 0 Å². The van der Waals surface area contributed by atoms with Crippen LogP contribution in [-0.2, 0) is 0 Å². The minimum Gasteiger partial charge on any atom is -0.545 e. The topological polar surface area (TPSA) is 80.3 Å². The summed E-state index contributed by atoms with van der Waals surface area (Å²) < 4.78 is 0. The van der Waals surface area contributed by atoms with E-state index in [1.54, 1.807) is 0 Å². The molecule has 154 valence electrons. The van der Waals surface area contributed by atoms with Gasteiger partial charge in [-0.25, -0.2) is 0 Å². The van der Waals surface area contributed by atoms with Crippen LogP contribution < -0.4 is 113 Å². The second-order valence-corrected chi connectivity index (χ2v) is 7.55. The molecule has 0 aliphatic heterocycles. The van der Waals surface area contributed by atoms with Crippen molar-refractivity contribution in [3.05, 3.63) is 108 Å². The Morgan fingerprint density at radius 3 is 1.12 bits per heavy atom. The largest absolute Gasteiger partial charge is 1.00 e. The fourth-order valence-electron chi connectivity index (χ4n) is 4.39. The van der Waals surface area contributed by atoms with E-state index in [0.717, 1.165) is 33.0 Å². The van der Waals surface area contributed by atoms with Crippen LogP contribution in [0.15, 0.2) is 97.1 Å². The van der Waals surface area contributed by atoms with Gasteiger partial charge >= 0.3 is 103 Å². The van der Waals surface area contributed by atoms with Gasteiger partial charge in [0.2, 0.25) is 0 Å². The Labute approximate surface area is 281 Å². The molecule has 0 atom stereocenters. The number of carbonyl (C=O) groups excluding carboxylic acids is 2. The minimum absolute atomic E-state index is 0. The van der Waals surface area contributed by atoms with Gasteiger partial charge in [0, 0.05) is 11.1 Å². The normalized spacial score (nSPS) is 10.4. The maximum atomic E-state index is 11.8. The zero-order chi connectivity index (χ0) is 22.2. The van der Waals surface area contributed by atoms with Crippen LogP contribution in [0, 0.1) is 0 Å². The van der Waals surface area contributed by atoms with Gasteiger partial charge in [-0.15, -0.1) is 0 Å². The molecule has 34 heavy (non-hydrogen) atoms. The SMILES string of the molecule is O=C([O-])c1cc2c(-c3ccccc3)c3ccccc3c(-c3ccccc3)c2cc1C(=O)[O-].[K+].[K+]. The van der Waals surface area contributed by atoms with Gasteiger partial charge in [-0.2, -0.15) is 0 Å². The summed E-state index contributed by atoms with van der Waals surface area (Å²) in [5.74, 6) is -3.11. The summed E-state index contributed by atoms with van der Waals surface area (Å²) in [7, 11) is 0. The van der Waals surface area contributed by atoms with Gasteiger partial charge in [-0.1, -0.05) is 84.9 Å². The molecule has 0 amide bonds. The number of hydrogen-bond acceptors (Lipinski definition) is 4. The molecule has 0 unspecified atom stereocenters. The summed E-state index contributed by atoms with van der Waals surface area (Å²) in [5.41, 5.74) is 2.68. The van der Waals surface area contributed by atoms with Gasteiger partial charge in [0.15, 0.2) is 0 Å². The number of carbonyl (C=O) groups is 2. The number of benzene rings is 5. The summed E-state index contributed by atoms with van der Waals surface area (Å²) >= 11 is 0. The number of carboxylic acids is 2. The summed E-state index contributed by atoms with van der Waals surface area (Å²) in [5, 5.41) is 26.8. The number of aromatic carboxylic acids is 2. The maximum absolute atomic E-state index is 11.8. The van der Waals surface area contributed by atoms with E-state index in [1.165, 1.54) is 12.1 Å². The van der Waals surface area contributed by atoms with Gasteiger partial charge < -0.3 is 19.8 Å². The number of hydrogen-bond donors (Lipinski definition) is 0. The van der Waals surface area contributed by atoms with E-state index < -0.39 is 23.1 Å². The van der Waals surface area contributed by atoms with Gasteiger partial charge in [0.25, 0.3) is 0 Å². The van der Waals surface area contributed by atoms with Crippen LogP contribution in [-0.4, -0.2) is 11.9 Å². The smallest absolute Gasteiger partial charge is 0.545 e. The number of fused-ring (bicyclic) bond motifs is 2. The maximum Gasteiger partial charge on any atom is 1.00 e. The van der Waals surface area contributed by atoms with Crippen molar-refractivity contribution in [2.24, 2.45) is 0 Å². The van der Waals surface area contributed by atoms with Crippen molar-refractivity contribution in [1.29, 1.82) is 0 Å². The van der Waals surface area contributed by atoms with Gasteiger partial charge in [-0.05, 0) is 55.9 Å². The minimum atomic E-state index is -1.56. The Kier molecular flexibility index (Phi) is 9.45. The first-order valence-electron chi connectivity index (χ1n) is 10.1. The first-order valence-corrected chi connectivity index (χ1v) is 10.1. The molecule has 6 heteroatoms. The third kappa shape index (κ3) is 5.03. The molecule has 5 rings (SSSR count). The van der Waals surface area contributed by atoms with Crippen molar-refractivity contribution in [2.75, 3.05) is 0 Å². The standard InChI is InChI=1S/C28H18O4.2K/c29-27(30)23-15-21-22(16-24(23)28(31)32)26(18-11-5-2-6-12-18)20-14-8-7-13-19(20)25(21)17-9-3-1-4-10-17;;/h1-16H,(H,29,30)(H,31,32);;/q;2*+1/p-2. The molecule has 0 heterocycles. The average Bonchev–Trinajstić information content (AvgIpc) is 2.82. The molecule has 0 spiro atoms. The average molecular weight is 495 g/mol. The summed E-state index contributed by atoms with van der Waals surface area (Å²) in [6.45, 7) is 0. The zero-order valence-corrected chi connectivity index (χ0v) is 25.1. The summed E-state index contributed by atoms with van der Waals surface area (Å²) in [4.78, 5) is 23.7. The molecule has 0 aliphatic carbocycles. The van der Waals surface area contributed by atoms with Crippen LogP contribution in [0.25, 0.3) is 43.8 Å². The third-order valence-electron chi connectivity index (χ3n) is 5.73. The van der Waals surface area contributed by atoms with Crippen molar-refractivity contribution in [3.63, 3.8) is 0 Å². The van der Waals surface area contributed by atoms with E-state index in [0.29, 0.717) is 10.8 Å². The van der Waals surface area contributed by atoms with E-state index in [-0.39, 0.29) is 103 Å². The van der Waals surface area contributed by atoms with Gasteiger partial charge in [0.1, 0.15) is 0 Å². The fourth-order valence-corrected chi connectivity index (χ4v) is 4.39. The zero-order valence-electron chi connectivity index (χ0n) is 18.9. The quantitative estimate of drug-likeness (QED) is 0.215. The molecule has 0 fully saturated rings. The summed E-state index contributed by atoms with van der Waals surface area (Å²) in [6, 6.07) is 29.9. The molecule has 0 radical (unpaired) electrons. The monoisotopic (exact) mass is 494 g/mol. The predicted molar refractivity (Wildman–Crippen MR) is 121 cm³/mol. The third-order valence-corrected chi connectivity index (χ3v) is 5.73. The Bertz CT molecular complexity index is 1400. The van der Waals surface area contributed by atoms with Gasteiger partial charge in [-0.3, -0.25) is 0 Å². The van der Waals surface area contributed by atoms with Crippen molar-refractivity contribution < 1.29 is 123 Å². The van der Waals surface area contributed by atoms with Crippen molar-refractivity contribution >= 4 is 33.5 Å². The molecular weight excluding hydrogens is 479 g/mol. The summed E-state index contributed by atoms with van der Waals surface area (Å²) in [6.07, 6.45) is 0. The van der Waals surface area contributed by atoms with E-state index in [4.69, 9.17) is 0 Å². The fraction of sp³-hybridized carbons (Fsp3) is 0. The van der Waals surface area contributed by atoms with E-state index in [9.17, 15) is 19.8 Å². The first kappa shape index (κ1) is 27.4. The van der Waals surface area contributed by atoms with Gasteiger partial charge in [0.05, 0.1) is 11.9 Å². The Morgan fingerprint density at radius 1 is 0.471 bits per heavy atom. The van der Waals surface area contributed by atoms with Crippen LogP contribution in [0.5, 0.6) is 0 Å². The van der Waals surface area contributed by atoms with Crippen molar-refractivity contribution in [3.8, 4) is 22.3 Å². The second kappa shape index (κ2) is 11.7. The predicted octanol–water partition coefficient (Wildman–Crippen LogP) is -1.94. The van der Waals surface area contributed by atoms with Crippen LogP contribution in [0.4, 0.5) is 0 Å². The van der Waals surface area contributed by atoms with E-state index in [2.05, 4.69) is 0 Å². The molecule has 0 aromatic heterocycles. The van der Waals surface area contributed by atoms with Crippen LogP contribution in [0.1, 0.15) is 20.7 Å². The Morgan fingerprint density at radius 2 is 0.794 bits per heavy atom. The molecule has 0 bridgehead atoms. The molecule has 5 aromatic rings. The number of rotatable bonds is 4. The molecule has 0 saturated heterocycles. The Hall–Kier alpha value is -1.17. The molecule has 0 aliphatic rings. The Balaban J connectivity index is 0.00000162. The molecule has 4 nitrogen and oxygen atoms in total. The van der Waals surface area contributed by atoms with Crippen LogP contribution in [0.2, 0.25) is 0 Å². The number of carboxylic acid groups (broad SMARTS) is 2. The molecule has 5 aromatic carbocycles. The van der Waals surface area contributed by atoms with E-state index in [1.807, 2.05) is 84.9 Å². The second-order valence-electron chi connectivity index (χ2n) is 7.55. The first-order chi connectivity index (χ1) is 15.6. The molecule has 0 saturated carbocycles. The molecule has 0 N–H and O–H groups in total.